The summed E-state index contributed by atoms with van der Waals surface area (Å²) in [6.45, 7) is 6.36. The number of thiocarbonyl (C=S) groups is 1. The fraction of sp³-hybridized carbons (Fsp3) is 0.467. The van der Waals surface area contributed by atoms with Gasteiger partial charge in [0, 0.05) is 26.2 Å². The number of halogens is 1. The van der Waals surface area contributed by atoms with Crippen LogP contribution in [0.4, 0.5) is 5.69 Å². The lowest BCUT2D eigenvalue weighted by Crippen LogP contribution is -2.54. The first kappa shape index (κ1) is 16.0. The third kappa shape index (κ3) is 3.30. The van der Waals surface area contributed by atoms with Gasteiger partial charge in [-0.25, -0.2) is 0 Å². The lowest BCUT2D eigenvalue weighted by Gasteiger charge is -2.39. The fourth-order valence-corrected chi connectivity index (χ4v) is 2.70. The van der Waals surface area contributed by atoms with Gasteiger partial charge in [0.25, 0.3) is 0 Å². The molecule has 6 heteroatoms. The molecule has 1 aromatic rings. The maximum atomic E-state index is 12.5. The average molecular weight is 326 g/mol. The smallest absolute Gasteiger partial charge is 0.235 e. The Labute approximate surface area is 135 Å². The third-order valence-electron chi connectivity index (χ3n) is 3.91. The van der Waals surface area contributed by atoms with Gasteiger partial charge in [0.2, 0.25) is 5.91 Å². The van der Waals surface area contributed by atoms with E-state index in [4.69, 9.17) is 29.6 Å². The number of nitrogens with two attached hydrogens (primary N) is 1. The van der Waals surface area contributed by atoms with Gasteiger partial charge in [-0.15, -0.1) is 0 Å². The van der Waals surface area contributed by atoms with Crippen molar-refractivity contribution in [2.75, 3.05) is 31.1 Å². The van der Waals surface area contributed by atoms with Crippen LogP contribution in [-0.4, -0.2) is 42.0 Å². The van der Waals surface area contributed by atoms with Gasteiger partial charge >= 0.3 is 0 Å². The summed E-state index contributed by atoms with van der Waals surface area (Å²) in [5.74, 6) is -0.00573. The molecule has 1 heterocycles. The molecule has 0 saturated carbocycles. The number of benzene rings is 1. The number of nitrogens with zero attached hydrogens (tertiary/aromatic N) is 2. The molecule has 0 atom stereocenters. The maximum Gasteiger partial charge on any atom is 0.235 e. The SMILES string of the molecule is CC(C)(C(=O)N1CCN(c2ccccc2Cl)CC1)C(N)=S. The van der Waals surface area contributed by atoms with Crippen molar-refractivity contribution in [3.63, 3.8) is 0 Å². The Bertz CT molecular complexity index is 554. The first-order chi connectivity index (χ1) is 9.84. The van der Waals surface area contributed by atoms with Crippen molar-refractivity contribution in [2.24, 2.45) is 11.1 Å². The van der Waals surface area contributed by atoms with Crippen LogP contribution < -0.4 is 10.6 Å². The van der Waals surface area contributed by atoms with Crippen LogP contribution in [0, 0.1) is 5.41 Å². The highest BCUT2D eigenvalue weighted by atomic mass is 35.5. The number of piperazine rings is 1. The first-order valence-corrected chi connectivity index (χ1v) is 7.71. The Balaban J connectivity index is 2.03. The molecule has 0 spiro atoms. The molecule has 0 radical (unpaired) electrons. The van der Waals surface area contributed by atoms with Gasteiger partial charge in [-0.3, -0.25) is 4.79 Å². The van der Waals surface area contributed by atoms with Crippen molar-refractivity contribution in [3.8, 4) is 0 Å². The van der Waals surface area contributed by atoms with Gasteiger partial charge in [-0.2, -0.15) is 0 Å². The van der Waals surface area contributed by atoms with E-state index in [1.165, 1.54) is 0 Å². The zero-order valence-electron chi connectivity index (χ0n) is 12.3. The van der Waals surface area contributed by atoms with Gasteiger partial charge in [-0.1, -0.05) is 36.0 Å². The summed E-state index contributed by atoms with van der Waals surface area (Å²) in [6.07, 6.45) is 0. The normalized spacial score (nSPS) is 16.0. The van der Waals surface area contributed by atoms with Crippen LogP contribution in [0.3, 0.4) is 0 Å². The van der Waals surface area contributed by atoms with Crippen molar-refractivity contribution < 1.29 is 4.79 Å². The molecule has 1 aliphatic rings. The summed E-state index contributed by atoms with van der Waals surface area (Å²) in [5, 5.41) is 0.737. The summed E-state index contributed by atoms with van der Waals surface area (Å²) in [5.41, 5.74) is 5.90. The highest BCUT2D eigenvalue weighted by molar-refractivity contribution is 7.80. The number of para-hydroxylation sites is 1. The molecule has 0 bridgehead atoms. The van der Waals surface area contributed by atoms with Gasteiger partial charge in [0.1, 0.15) is 0 Å². The van der Waals surface area contributed by atoms with Crippen LogP contribution >= 0.6 is 23.8 Å². The molecule has 114 valence electrons. The van der Waals surface area contributed by atoms with Crippen molar-refractivity contribution >= 4 is 40.4 Å². The molecule has 1 saturated heterocycles. The lowest BCUT2D eigenvalue weighted by atomic mass is 9.91. The highest BCUT2D eigenvalue weighted by Gasteiger charge is 2.36. The number of amides is 1. The monoisotopic (exact) mass is 325 g/mol. The van der Waals surface area contributed by atoms with E-state index >= 15 is 0 Å². The van der Waals surface area contributed by atoms with E-state index in [0.29, 0.717) is 13.1 Å². The minimum atomic E-state index is -0.790. The lowest BCUT2D eigenvalue weighted by molar-refractivity contribution is -0.137. The van der Waals surface area contributed by atoms with Crippen molar-refractivity contribution in [3.05, 3.63) is 29.3 Å². The number of hydrogen-bond acceptors (Lipinski definition) is 3. The predicted octanol–water partition coefficient (Wildman–Crippen LogP) is 2.30. The quantitative estimate of drug-likeness (QED) is 0.866. The van der Waals surface area contributed by atoms with Crippen molar-refractivity contribution in [1.29, 1.82) is 0 Å². The second kappa shape index (κ2) is 6.20. The van der Waals surface area contributed by atoms with Gasteiger partial charge in [0.05, 0.1) is 21.1 Å². The van der Waals surface area contributed by atoms with Crippen LogP contribution in [0.25, 0.3) is 0 Å². The van der Waals surface area contributed by atoms with Crippen molar-refractivity contribution in [1.82, 2.24) is 4.90 Å². The van der Waals surface area contributed by atoms with E-state index < -0.39 is 5.41 Å². The van der Waals surface area contributed by atoms with Gasteiger partial charge < -0.3 is 15.5 Å². The molecule has 1 aromatic carbocycles. The van der Waals surface area contributed by atoms with Gasteiger partial charge in [-0.05, 0) is 26.0 Å². The number of anilines is 1. The second-order valence-electron chi connectivity index (χ2n) is 5.72. The van der Waals surface area contributed by atoms with E-state index in [-0.39, 0.29) is 10.9 Å². The third-order valence-corrected chi connectivity index (χ3v) is 4.74. The number of hydrogen-bond donors (Lipinski definition) is 1. The summed E-state index contributed by atoms with van der Waals surface area (Å²) in [4.78, 5) is 16.7. The average Bonchev–Trinajstić information content (AvgIpc) is 2.47. The standard InChI is InChI=1S/C15H20ClN3OS/c1-15(2,13(17)21)14(20)19-9-7-18(8-10-19)12-6-4-3-5-11(12)16/h3-6H,7-10H2,1-2H3,(H2,17,21). The van der Waals surface area contributed by atoms with Crippen LogP contribution in [0.15, 0.2) is 24.3 Å². The van der Waals surface area contributed by atoms with Gasteiger partial charge in [0.15, 0.2) is 0 Å². The van der Waals surface area contributed by atoms with E-state index in [9.17, 15) is 4.79 Å². The minimum Gasteiger partial charge on any atom is -0.392 e. The Hall–Kier alpha value is -1.33. The topological polar surface area (TPSA) is 49.6 Å². The minimum absolute atomic E-state index is 0.00573. The molecule has 0 aliphatic carbocycles. The van der Waals surface area contributed by atoms with Crippen LogP contribution in [0.5, 0.6) is 0 Å². The van der Waals surface area contributed by atoms with Crippen molar-refractivity contribution in [2.45, 2.75) is 13.8 Å². The molecule has 1 amide bonds. The van der Waals surface area contributed by atoms with Crippen LogP contribution in [0.2, 0.25) is 5.02 Å². The Morgan fingerprint density at radius 2 is 1.81 bits per heavy atom. The second-order valence-corrected chi connectivity index (χ2v) is 6.57. The molecule has 4 nitrogen and oxygen atoms in total. The van der Waals surface area contributed by atoms with E-state index in [1.807, 2.05) is 29.2 Å². The molecule has 2 N–H and O–H groups in total. The summed E-state index contributed by atoms with van der Waals surface area (Å²) in [7, 11) is 0. The number of rotatable bonds is 3. The molecule has 1 aliphatic heterocycles. The zero-order chi connectivity index (χ0) is 15.6. The molecular weight excluding hydrogens is 306 g/mol. The Morgan fingerprint density at radius 1 is 1.24 bits per heavy atom. The molecule has 1 fully saturated rings. The van der Waals surface area contributed by atoms with E-state index in [2.05, 4.69) is 4.90 Å². The molecular formula is C15H20ClN3OS. The molecule has 0 unspecified atom stereocenters. The maximum absolute atomic E-state index is 12.5. The summed E-state index contributed by atoms with van der Waals surface area (Å²) < 4.78 is 0. The highest BCUT2D eigenvalue weighted by Crippen LogP contribution is 2.27. The van der Waals surface area contributed by atoms with Crippen LogP contribution in [-0.2, 0) is 4.79 Å². The number of carbonyl (C=O) groups is 1. The molecule has 2 rings (SSSR count). The fourth-order valence-electron chi connectivity index (χ4n) is 2.36. The predicted molar refractivity (Wildman–Crippen MR) is 90.8 cm³/mol. The largest absolute Gasteiger partial charge is 0.392 e. The molecule has 21 heavy (non-hydrogen) atoms. The Morgan fingerprint density at radius 3 is 2.33 bits per heavy atom. The Kier molecular flexibility index (Phi) is 4.74. The van der Waals surface area contributed by atoms with E-state index in [0.717, 1.165) is 23.8 Å². The number of carbonyl (C=O) groups excluding carboxylic acids is 1. The summed E-state index contributed by atoms with van der Waals surface area (Å²) in [6, 6.07) is 7.76. The summed E-state index contributed by atoms with van der Waals surface area (Å²) >= 11 is 11.2. The van der Waals surface area contributed by atoms with Crippen LogP contribution in [0.1, 0.15) is 13.8 Å². The molecule has 0 aromatic heterocycles. The first-order valence-electron chi connectivity index (χ1n) is 6.93. The van der Waals surface area contributed by atoms with E-state index in [1.54, 1.807) is 13.8 Å². The zero-order valence-corrected chi connectivity index (χ0v) is 13.9.